The molecule has 0 aliphatic carbocycles. The molecule has 1 atom stereocenters. The molecule has 3 heteroatoms. The van der Waals surface area contributed by atoms with Gasteiger partial charge in [-0.2, -0.15) is 0 Å². The molecular formula is C8H16O3. The molecule has 0 rings (SSSR count). The van der Waals surface area contributed by atoms with E-state index in [0.717, 1.165) is 6.29 Å². The summed E-state index contributed by atoms with van der Waals surface area (Å²) in [4.78, 5) is 10.4. The van der Waals surface area contributed by atoms with Crippen LogP contribution in [0, 0.1) is 5.41 Å². The van der Waals surface area contributed by atoms with Crippen LogP contribution in [0.4, 0.5) is 0 Å². The number of carbonyl (C=O) groups is 1. The summed E-state index contributed by atoms with van der Waals surface area (Å²) in [6.07, 6.45) is 0.662. The molecule has 0 spiro atoms. The lowest BCUT2D eigenvalue weighted by molar-refractivity contribution is -0.120. The minimum Gasteiger partial charge on any atom is -0.392 e. The molecule has 0 saturated heterocycles. The standard InChI is InChI=1S/C8H16O3/c1-8(2,6-9)7(10)4-5-11-3/h6-7,10H,4-5H2,1-3H3. The summed E-state index contributed by atoms with van der Waals surface area (Å²) in [7, 11) is 1.57. The zero-order valence-electron chi connectivity index (χ0n) is 7.33. The third-order valence-electron chi connectivity index (χ3n) is 1.76. The van der Waals surface area contributed by atoms with Crippen LogP contribution in [0.1, 0.15) is 20.3 Å². The molecule has 11 heavy (non-hydrogen) atoms. The molecule has 66 valence electrons. The van der Waals surface area contributed by atoms with Crippen molar-refractivity contribution in [2.45, 2.75) is 26.4 Å². The average molecular weight is 160 g/mol. The second kappa shape index (κ2) is 4.46. The summed E-state index contributed by atoms with van der Waals surface area (Å²) < 4.78 is 4.78. The van der Waals surface area contributed by atoms with Gasteiger partial charge in [0, 0.05) is 19.1 Å². The topological polar surface area (TPSA) is 46.5 Å². The van der Waals surface area contributed by atoms with Gasteiger partial charge in [0.15, 0.2) is 0 Å². The number of rotatable bonds is 5. The highest BCUT2D eigenvalue weighted by atomic mass is 16.5. The number of hydrogen-bond donors (Lipinski definition) is 1. The SMILES string of the molecule is COCCC(O)C(C)(C)C=O. The third kappa shape index (κ3) is 3.49. The predicted octanol–water partition coefficient (Wildman–Crippen LogP) is 0.609. The van der Waals surface area contributed by atoms with E-state index in [1.165, 1.54) is 0 Å². The Kier molecular flexibility index (Phi) is 4.30. The van der Waals surface area contributed by atoms with Crippen LogP contribution >= 0.6 is 0 Å². The number of aliphatic hydroxyl groups excluding tert-OH is 1. The zero-order valence-corrected chi connectivity index (χ0v) is 7.33. The zero-order chi connectivity index (χ0) is 8.91. The van der Waals surface area contributed by atoms with Gasteiger partial charge in [0.05, 0.1) is 6.10 Å². The predicted molar refractivity (Wildman–Crippen MR) is 42.3 cm³/mol. The lowest BCUT2D eigenvalue weighted by Crippen LogP contribution is -2.31. The van der Waals surface area contributed by atoms with E-state index in [1.807, 2.05) is 0 Å². The molecule has 3 nitrogen and oxygen atoms in total. The molecule has 0 heterocycles. The van der Waals surface area contributed by atoms with Crippen molar-refractivity contribution in [3.8, 4) is 0 Å². The van der Waals surface area contributed by atoms with Crippen molar-refractivity contribution < 1.29 is 14.6 Å². The molecule has 1 unspecified atom stereocenters. The first-order valence-electron chi connectivity index (χ1n) is 3.68. The average Bonchev–Trinajstić information content (AvgIpc) is 2.00. The van der Waals surface area contributed by atoms with E-state index in [1.54, 1.807) is 21.0 Å². The van der Waals surface area contributed by atoms with E-state index >= 15 is 0 Å². The van der Waals surface area contributed by atoms with Crippen LogP contribution in [-0.4, -0.2) is 31.2 Å². The Bertz CT molecular complexity index is 121. The van der Waals surface area contributed by atoms with E-state index in [-0.39, 0.29) is 0 Å². The van der Waals surface area contributed by atoms with Crippen molar-refractivity contribution in [1.29, 1.82) is 0 Å². The summed E-state index contributed by atoms with van der Waals surface area (Å²) in [6.45, 7) is 3.90. The molecule has 0 bridgehead atoms. The fraction of sp³-hybridized carbons (Fsp3) is 0.875. The summed E-state index contributed by atoms with van der Waals surface area (Å²) >= 11 is 0. The number of carbonyl (C=O) groups excluding carboxylic acids is 1. The largest absolute Gasteiger partial charge is 0.392 e. The first-order chi connectivity index (χ1) is 5.04. The highest BCUT2D eigenvalue weighted by molar-refractivity contribution is 5.58. The maximum atomic E-state index is 10.4. The van der Waals surface area contributed by atoms with Crippen LogP contribution < -0.4 is 0 Å². The molecule has 0 aliphatic rings. The van der Waals surface area contributed by atoms with Crippen LogP contribution in [0.3, 0.4) is 0 Å². The van der Waals surface area contributed by atoms with Crippen LogP contribution in [0.15, 0.2) is 0 Å². The molecule has 0 aliphatic heterocycles. The Morgan fingerprint density at radius 3 is 2.55 bits per heavy atom. The lowest BCUT2D eigenvalue weighted by atomic mass is 9.87. The van der Waals surface area contributed by atoms with Crippen molar-refractivity contribution in [3.63, 3.8) is 0 Å². The molecule has 0 amide bonds. The van der Waals surface area contributed by atoms with Gasteiger partial charge in [-0.25, -0.2) is 0 Å². The third-order valence-corrected chi connectivity index (χ3v) is 1.76. The molecule has 0 aromatic carbocycles. The van der Waals surface area contributed by atoms with Crippen molar-refractivity contribution in [2.24, 2.45) is 5.41 Å². The Morgan fingerprint density at radius 1 is 1.64 bits per heavy atom. The van der Waals surface area contributed by atoms with Crippen LogP contribution in [0.25, 0.3) is 0 Å². The highest BCUT2D eigenvalue weighted by Gasteiger charge is 2.26. The maximum absolute atomic E-state index is 10.4. The molecule has 0 aromatic heterocycles. The molecule has 0 radical (unpaired) electrons. The van der Waals surface area contributed by atoms with E-state index in [2.05, 4.69) is 0 Å². The molecule has 0 fully saturated rings. The summed E-state index contributed by atoms with van der Waals surface area (Å²) in [5.41, 5.74) is -0.654. The first kappa shape index (κ1) is 10.6. The molecule has 0 aromatic rings. The molecular weight excluding hydrogens is 144 g/mol. The van der Waals surface area contributed by atoms with Crippen LogP contribution in [0.2, 0.25) is 0 Å². The number of hydrogen-bond acceptors (Lipinski definition) is 3. The minimum absolute atomic E-state index is 0.485. The fourth-order valence-corrected chi connectivity index (χ4v) is 0.680. The smallest absolute Gasteiger partial charge is 0.128 e. The van der Waals surface area contributed by atoms with Gasteiger partial charge in [-0.15, -0.1) is 0 Å². The normalized spacial score (nSPS) is 14.5. The number of aliphatic hydroxyl groups is 1. The Labute approximate surface area is 67.4 Å². The fourth-order valence-electron chi connectivity index (χ4n) is 0.680. The number of methoxy groups -OCH3 is 1. The van der Waals surface area contributed by atoms with Gasteiger partial charge in [-0.05, 0) is 6.42 Å². The van der Waals surface area contributed by atoms with Gasteiger partial charge in [0.2, 0.25) is 0 Å². The van der Waals surface area contributed by atoms with Crippen molar-refractivity contribution in [1.82, 2.24) is 0 Å². The summed E-state index contributed by atoms with van der Waals surface area (Å²) in [6, 6.07) is 0. The first-order valence-corrected chi connectivity index (χ1v) is 3.68. The van der Waals surface area contributed by atoms with Gasteiger partial charge in [-0.3, -0.25) is 0 Å². The van der Waals surface area contributed by atoms with Gasteiger partial charge >= 0.3 is 0 Å². The monoisotopic (exact) mass is 160 g/mol. The lowest BCUT2D eigenvalue weighted by Gasteiger charge is -2.23. The Morgan fingerprint density at radius 2 is 2.18 bits per heavy atom. The number of aldehydes is 1. The molecule has 0 saturated carbocycles. The van der Waals surface area contributed by atoms with Crippen molar-refractivity contribution in [2.75, 3.05) is 13.7 Å². The quantitative estimate of drug-likeness (QED) is 0.599. The van der Waals surface area contributed by atoms with Crippen LogP contribution in [-0.2, 0) is 9.53 Å². The second-order valence-electron chi connectivity index (χ2n) is 3.24. The van der Waals surface area contributed by atoms with E-state index in [4.69, 9.17) is 4.74 Å². The highest BCUT2D eigenvalue weighted by Crippen LogP contribution is 2.19. The summed E-state index contributed by atoms with van der Waals surface area (Å²) in [5.74, 6) is 0. The second-order valence-corrected chi connectivity index (χ2v) is 3.24. The number of ether oxygens (including phenoxy) is 1. The van der Waals surface area contributed by atoms with Crippen molar-refractivity contribution >= 4 is 6.29 Å². The van der Waals surface area contributed by atoms with E-state index < -0.39 is 11.5 Å². The van der Waals surface area contributed by atoms with E-state index in [9.17, 15) is 9.90 Å². The minimum atomic E-state index is -0.654. The molecule has 1 N–H and O–H groups in total. The van der Waals surface area contributed by atoms with E-state index in [0.29, 0.717) is 13.0 Å². The van der Waals surface area contributed by atoms with Gasteiger partial charge < -0.3 is 14.6 Å². The van der Waals surface area contributed by atoms with Gasteiger partial charge in [0.1, 0.15) is 6.29 Å². The summed E-state index contributed by atoms with van der Waals surface area (Å²) in [5, 5.41) is 9.40. The van der Waals surface area contributed by atoms with Gasteiger partial charge in [-0.1, -0.05) is 13.8 Å². The Balaban J connectivity index is 3.80. The van der Waals surface area contributed by atoms with Crippen LogP contribution in [0.5, 0.6) is 0 Å². The maximum Gasteiger partial charge on any atom is 0.128 e. The Hall–Kier alpha value is -0.410. The van der Waals surface area contributed by atoms with Crippen molar-refractivity contribution in [3.05, 3.63) is 0 Å². The van der Waals surface area contributed by atoms with Gasteiger partial charge in [0.25, 0.3) is 0 Å².